The van der Waals surface area contributed by atoms with Crippen LogP contribution in [0.4, 0.5) is 11.6 Å². The van der Waals surface area contributed by atoms with Gasteiger partial charge in [-0.3, -0.25) is 0 Å². The second-order valence-electron chi connectivity index (χ2n) is 4.90. The average molecular weight is 264 g/mol. The van der Waals surface area contributed by atoms with E-state index in [9.17, 15) is 0 Å². The fourth-order valence-corrected chi connectivity index (χ4v) is 2.13. The predicted octanol–water partition coefficient (Wildman–Crippen LogP) is 3.62. The van der Waals surface area contributed by atoms with Gasteiger partial charge in [-0.2, -0.15) is 0 Å². The van der Waals surface area contributed by atoms with E-state index >= 15 is 0 Å². The lowest BCUT2D eigenvalue weighted by molar-refractivity contribution is 0.668. The first-order valence-corrected chi connectivity index (χ1v) is 7.54. The van der Waals surface area contributed by atoms with Gasteiger partial charge in [0.05, 0.1) is 0 Å². The molecule has 0 saturated carbocycles. The summed E-state index contributed by atoms with van der Waals surface area (Å²) in [6.07, 6.45) is 6.53. The normalized spacial score (nSPS) is 10.5. The third-order valence-corrected chi connectivity index (χ3v) is 3.26. The Balaban J connectivity index is 2.89. The summed E-state index contributed by atoms with van der Waals surface area (Å²) in [6, 6.07) is 0. The summed E-state index contributed by atoms with van der Waals surface area (Å²) < 4.78 is 0. The Hall–Kier alpha value is -1.32. The molecule has 0 radical (unpaired) electrons. The fraction of sp³-hybridized carbons (Fsp3) is 0.733. The average Bonchev–Trinajstić information content (AvgIpc) is 2.42. The highest BCUT2D eigenvalue weighted by molar-refractivity contribution is 5.57. The van der Waals surface area contributed by atoms with Crippen LogP contribution in [0.2, 0.25) is 0 Å². The smallest absolute Gasteiger partial charge is 0.137 e. The van der Waals surface area contributed by atoms with Gasteiger partial charge >= 0.3 is 0 Å². The Morgan fingerprint density at radius 2 is 1.68 bits per heavy atom. The van der Waals surface area contributed by atoms with Crippen LogP contribution in [-0.4, -0.2) is 29.6 Å². The molecule has 0 saturated heterocycles. The van der Waals surface area contributed by atoms with Crippen LogP contribution in [0.5, 0.6) is 0 Å². The lowest BCUT2D eigenvalue weighted by Gasteiger charge is -2.25. The summed E-state index contributed by atoms with van der Waals surface area (Å²) in [5.41, 5.74) is 1.16. The summed E-state index contributed by atoms with van der Waals surface area (Å²) in [6.45, 7) is 11.7. The van der Waals surface area contributed by atoms with Crippen molar-refractivity contribution in [2.45, 2.75) is 53.4 Å². The molecule has 1 aromatic rings. The van der Waals surface area contributed by atoms with E-state index < -0.39 is 0 Å². The Morgan fingerprint density at radius 1 is 1.05 bits per heavy atom. The lowest BCUT2D eigenvalue weighted by Crippen LogP contribution is -2.27. The molecule has 0 amide bonds. The van der Waals surface area contributed by atoms with Crippen LogP contribution in [0.15, 0.2) is 6.33 Å². The highest BCUT2D eigenvalue weighted by Crippen LogP contribution is 2.22. The molecular formula is C15H28N4. The van der Waals surface area contributed by atoms with Gasteiger partial charge in [-0.1, -0.05) is 26.7 Å². The van der Waals surface area contributed by atoms with Gasteiger partial charge in [-0.15, -0.1) is 0 Å². The van der Waals surface area contributed by atoms with E-state index in [-0.39, 0.29) is 0 Å². The van der Waals surface area contributed by atoms with Crippen molar-refractivity contribution in [1.29, 1.82) is 0 Å². The zero-order valence-electron chi connectivity index (χ0n) is 12.9. The van der Waals surface area contributed by atoms with E-state index in [1.807, 2.05) is 0 Å². The molecule has 0 bridgehead atoms. The van der Waals surface area contributed by atoms with Gasteiger partial charge in [0.15, 0.2) is 0 Å². The molecule has 0 aromatic carbocycles. The molecule has 1 heterocycles. The summed E-state index contributed by atoms with van der Waals surface area (Å²) >= 11 is 0. The first-order valence-electron chi connectivity index (χ1n) is 7.54. The molecule has 0 atom stereocenters. The van der Waals surface area contributed by atoms with Gasteiger partial charge in [0.25, 0.3) is 0 Å². The molecule has 1 N–H and O–H groups in total. The Bertz CT molecular complexity index is 357. The van der Waals surface area contributed by atoms with Gasteiger partial charge in [0, 0.05) is 25.2 Å². The number of hydrogen-bond acceptors (Lipinski definition) is 4. The number of rotatable bonds is 9. The van der Waals surface area contributed by atoms with Gasteiger partial charge < -0.3 is 10.2 Å². The first kappa shape index (κ1) is 15.7. The second-order valence-corrected chi connectivity index (χ2v) is 4.90. The van der Waals surface area contributed by atoms with E-state index in [4.69, 9.17) is 0 Å². The minimum absolute atomic E-state index is 0.890. The van der Waals surface area contributed by atoms with Gasteiger partial charge in [0.2, 0.25) is 0 Å². The monoisotopic (exact) mass is 264 g/mol. The standard InChI is InChI=1S/C15H28N4/c1-5-8-10-19(11-9-6-2)15-13(4)14(16-7-3)17-12-18-15/h12H,5-11H2,1-4H3,(H,16,17,18). The van der Waals surface area contributed by atoms with Gasteiger partial charge in [0.1, 0.15) is 18.0 Å². The van der Waals surface area contributed by atoms with Crippen molar-refractivity contribution >= 4 is 11.6 Å². The second kappa shape index (κ2) is 8.73. The fourth-order valence-electron chi connectivity index (χ4n) is 2.13. The maximum absolute atomic E-state index is 4.50. The summed E-state index contributed by atoms with van der Waals surface area (Å²) in [5, 5.41) is 3.31. The molecule has 0 aliphatic carbocycles. The number of anilines is 2. The van der Waals surface area contributed by atoms with Crippen molar-refractivity contribution in [2.24, 2.45) is 0 Å². The number of aromatic nitrogens is 2. The molecule has 1 rings (SSSR count). The quantitative estimate of drug-likeness (QED) is 0.739. The van der Waals surface area contributed by atoms with E-state index in [0.29, 0.717) is 0 Å². The largest absolute Gasteiger partial charge is 0.370 e. The molecule has 19 heavy (non-hydrogen) atoms. The number of nitrogens with one attached hydrogen (secondary N) is 1. The van der Waals surface area contributed by atoms with Gasteiger partial charge in [-0.25, -0.2) is 9.97 Å². The van der Waals surface area contributed by atoms with E-state index in [0.717, 1.165) is 36.8 Å². The van der Waals surface area contributed by atoms with Crippen molar-refractivity contribution in [2.75, 3.05) is 29.9 Å². The van der Waals surface area contributed by atoms with E-state index in [1.54, 1.807) is 6.33 Å². The van der Waals surface area contributed by atoms with E-state index in [1.165, 1.54) is 25.7 Å². The Labute approximate surface area is 117 Å². The van der Waals surface area contributed by atoms with Gasteiger partial charge in [-0.05, 0) is 26.7 Å². The summed E-state index contributed by atoms with van der Waals surface area (Å²) in [5.74, 6) is 2.05. The van der Waals surface area contributed by atoms with Crippen molar-refractivity contribution in [3.05, 3.63) is 11.9 Å². The molecule has 0 aliphatic rings. The topological polar surface area (TPSA) is 41.1 Å². The number of hydrogen-bond donors (Lipinski definition) is 1. The molecule has 0 unspecified atom stereocenters. The molecule has 0 aliphatic heterocycles. The molecule has 0 fully saturated rings. The van der Waals surface area contributed by atoms with Crippen molar-refractivity contribution in [3.8, 4) is 0 Å². The minimum atomic E-state index is 0.890. The van der Waals surface area contributed by atoms with Crippen LogP contribution in [-0.2, 0) is 0 Å². The Kier molecular flexibility index (Phi) is 7.23. The Morgan fingerprint density at radius 3 is 2.21 bits per heavy atom. The minimum Gasteiger partial charge on any atom is -0.370 e. The van der Waals surface area contributed by atoms with Crippen LogP contribution in [0.3, 0.4) is 0 Å². The zero-order valence-corrected chi connectivity index (χ0v) is 12.9. The zero-order chi connectivity index (χ0) is 14.1. The predicted molar refractivity (Wildman–Crippen MR) is 83.0 cm³/mol. The van der Waals surface area contributed by atoms with Crippen LogP contribution in [0, 0.1) is 6.92 Å². The molecule has 4 nitrogen and oxygen atoms in total. The molecule has 1 aromatic heterocycles. The number of nitrogens with zero attached hydrogens (tertiary/aromatic N) is 3. The highest BCUT2D eigenvalue weighted by Gasteiger charge is 2.13. The van der Waals surface area contributed by atoms with Crippen LogP contribution >= 0.6 is 0 Å². The number of unbranched alkanes of at least 4 members (excludes halogenated alkanes) is 2. The van der Waals surface area contributed by atoms with Crippen LogP contribution in [0.1, 0.15) is 52.0 Å². The van der Waals surface area contributed by atoms with Crippen LogP contribution in [0.25, 0.3) is 0 Å². The highest BCUT2D eigenvalue weighted by atomic mass is 15.2. The molecule has 108 valence electrons. The molecular weight excluding hydrogens is 236 g/mol. The summed E-state index contributed by atoms with van der Waals surface area (Å²) in [4.78, 5) is 11.2. The van der Waals surface area contributed by atoms with Crippen molar-refractivity contribution in [1.82, 2.24) is 9.97 Å². The SMILES string of the molecule is CCCCN(CCCC)c1ncnc(NCC)c1C. The lowest BCUT2D eigenvalue weighted by atomic mass is 10.2. The molecule has 0 spiro atoms. The molecule has 4 heteroatoms. The maximum atomic E-state index is 4.50. The van der Waals surface area contributed by atoms with Crippen molar-refractivity contribution < 1.29 is 0 Å². The van der Waals surface area contributed by atoms with Crippen molar-refractivity contribution in [3.63, 3.8) is 0 Å². The first-order chi connectivity index (χ1) is 9.24. The third-order valence-electron chi connectivity index (χ3n) is 3.26. The summed E-state index contributed by atoms with van der Waals surface area (Å²) in [7, 11) is 0. The van der Waals surface area contributed by atoms with Crippen LogP contribution < -0.4 is 10.2 Å². The maximum Gasteiger partial charge on any atom is 0.137 e. The third kappa shape index (κ3) is 4.69. The van der Waals surface area contributed by atoms with E-state index in [2.05, 4.69) is 47.9 Å².